The van der Waals surface area contributed by atoms with Gasteiger partial charge in [0.2, 0.25) is 0 Å². The fourth-order valence-corrected chi connectivity index (χ4v) is 1.78. The molecule has 0 spiro atoms. The molecule has 0 heterocycles. The zero-order valence-corrected chi connectivity index (χ0v) is 9.27. The summed E-state index contributed by atoms with van der Waals surface area (Å²) in [6.45, 7) is 0. The van der Waals surface area contributed by atoms with Crippen LogP contribution in [0.1, 0.15) is 18.4 Å². The Balaban J connectivity index is 2.42. The first-order chi connectivity index (χ1) is 7.95. The predicted octanol–water partition coefficient (Wildman–Crippen LogP) is 1.81. The molecule has 6 heteroatoms. The number of non-ortho nitro benzene ring substituents is 1. The fourth-order valence-electron chi connectivity index (χ4n) is 1.78. The van der Waals surface area contributed by atoms with E-state index in [1.807, 2.05) is 0 Å². The van der Waals surface area contributed by atoms with E-state index < -0.39 is 16.3 Å². The molecule has 0 aromatic heterocycles. The Hall–Kier alpha value is -1.69. The van der Waals surface area contributed by atoms with Crippen molar-refractivity contribution in [3.8, 4) is 5.75 Å². The predicted molar refractivity (Wildman–Crippen MR) is 57.5 cm³/mol. The number of nitrogens with zero attached hydrogens (tertiary/aromatic N) is 1. The minimum absolute atomic E-state index is 0.0316. The van der Waals surface area contributed by atoms with Gasteiger partial charge in [-0.05, 0) is 12.8 Å². The van der Waals surface area contributed by atoms with Crippen LogP contribution in [-0.2, 0) is 6.42 Å². The highest BCUT2D eigenvalue weighted by Gasteiger charge is 2.41. The Morgan fingerprint density at radius 3 is 2.71 bits per heavy atom. The summed E-state index contributed by atoms with van der Waals surface area (Å²) in [7, 11) is 1.30. The van der Waals surface area contributed by atoms with E-state index in [4.69, 9.17) is 4.74 Å². The summed E-state index contributed by atoms with van der Waals surface area (Å²) in [5.41, 5.74) is -0.851. The molecule has 1 aliphatic rings. The lowest BCUT2D eigenvalue weighted by Gasteiger charge is -2.12. The van der Waals surface area contributed by atoms with Crippen LogP contribution in [0.3, 0.4) is 0 Å². The number of benzene rings is 1. The molecule has 1 aromatic rings. The minimum atomic E-state index is -0.852. The van der Waals surface area contributed by atoms with Crippen LogP contribution < -0.4 is 4.74 Å². The second-order valence-electron chi connectivity index (χ2n) is 4.28. The number of ether oxygens (including phenoxy) is 1. The summed E-state index contributed by atoms with van der Waals surface area (Å²) in [6, 6.07) is 2.07. The highest BCUT2D eigenvalue weighted by molar-refractivity contribution is 5.46. The summed E-state index contributed by atoms with van der Waals surface area (Å²) in [4.78, 5) is 9.96. The smallest absolute Gasteiger partial charge is 0.272 e. The molecule has 0 saturated heterocycles. The molecule has 2 rings (SSSR count). The van der Waals surface area contributed by atoms with E-state index >= 15 is 0 Å². The number of aliphatic hydroxyl groups is 1. The van der Waals surface area contributed by atoms with Gasteiger partial charge in [0.25, 0.3) is 5.69 Å². The number of halogens is 1. The molecule has 0 aliphatic heterocycles. The standard InChI is InChI=1S/C11H12FNO4/c1-17-10-7(6-11(14)2-3-11)4-8(13(15)16)5-9(10)12/h4-5,14H,2-3,6H2,1H3. The van der Waals surface area contributed by atoms with Gasteiger partial charge in [0, 0.05) is 18.1 Å². The lowest BCUT2D eigenvalue weighted by atomic mass is 10.0. The molecule has 0 radical (unpaired) electrons. The van der Waals surface area contributed by atoms with E-state index in [0.717, 1.165) is 6.07 Å². The molecule has 0 bridgehead atoms. The first kappa shape index (κ1) is 11.8. The Kier molecular flexibility index (Phi) is 2.74. The molecule has 0 unspecified atom stereocenters. The van der Waals surface area contributed by atoms with E-state index in [2.05, 4.69) is 0 Å². The van der Waals surface area contributed by atoms with Crippen molar-refractivity contribution in [1.82, 2.24) is 0 Å². The van der Waals surface area contributed by atoms with E-state index in [0.29, 0.717) is 18.4 Å². The van der Waals surface area contributed by atoms with Crippen LogP contribution >= 0.6 is 0 Å². The summed E-state index contributed by atoms with van der Waals surface area (Å²) in [5, 5.41) is 20.4. The van der Waals surface area contributed by atoms with Crippen LogP contribution in [0.25, 0.3) is 0 Å². The lowest BCUT2D eigenvalue weighted by Crippen LogP contribution is -2.12. The summed E-state index contributed by atoms with van der Waals surface area (Å²) >= 11 is 0. The van der Waals surface area contributed by atoms with Gasteiger partial charge in [0.1, 0.15) is 0 Å². The summed E-state index contributed by atoms with van der Waals surface area (Å²) in [5.74, 6) is -0.808. The third kappa shape index (κ3) is 2.36. The van der Waals surface area contributed by atoms with Crippen molar-refractivity contribution >= 4 is 5.69 Å². The van der Waals surface area contributed by atoms with Gasteiger partial charge in [-0.1, -0.05) is 0 Å². The zero-order valence-electron chi connectivity index (χ0n) is 9.27. The largest absolute Gasteiger partial charge is 0.493 e. The van der Waals surface area contributed by atoms with Crippen LogP contribution in [0.5, 0.6) is 5.75 Å². The number of hydrogen-bond donors (Lipinski definition) is 1. The Labute approximate surface area is 97.0 Å². The molecule has 0 amide bonds. The van der Waals surface area contributed by atoms with E-state index in [1.54, 1.807) is 0 Å². The molecule has 0 atom stereocenters. The summed E-state index contributed by atoms with van der Waals surface area (Å²) in [6.07, 6.45) is 1.43. The van der Waals surface area contributed by atoms with Crippen LogP contribution in [0.4, 0.5) is 10.1 Å². The molecule has 1 aromatic carbocycles. The third-order valence-electron chi connectivity index (χ3n) is 2.87. The van der Waals surface area contributed by atoms with Crippen molar-refractivity contribution in [3.05, 3.63) is 33.6 Å². The van der Waals surface area contributed by atoms with Crippen molar-refractivity contribution in [2.24, 2.45) is 0 Å². The van der Waals surface area contributed by atoms with Crippen molar-refractivity contribution < 1.29 is 19.2 Å². The van der Waals surface area contributed by atoms with Gasteiger partial charge in [-0.2, -0.15) is 0 Å². The maximum Gasteiger partial charge on any atom is 0.272 e. The Bertz CT molecular complexity index is 471. The van der Waals surface area contributed by atoms with E-state index in [9.17, 15) is 19.6 Å². The van der Waals surface area contributed by atoms with Crippen molar-refractivity contribution in [2.75, 3.05) is 7.11 Å². The lowest BCUT2D eigenvalue weighted by molar-refractivity contribution is -0.385. The fraction of sp³-hybridized carbons (Fsp3) is 0.455. The third-order valence-corrected chi connectivity index (χ3v) is 2.87. The second kappa shape index (κ2) is 3.96. The minimum Gasteiger partial charge on any atom is -0.493 e. The summed E-state index contributed by atoms with van der Waals surface area (Å²) < 4.78 is 18.4. The first-order valence-corrected chi connectivity index (χ1v) is 5.18. The number of methoxy groups -OCH3 is 1. The number of nitro groups is 1. The zero-order chi connectivity index (χ0) is 12.6. The average molecular weight is 241 g/mol. The van der Waals surface area contributed by atoms with Gasteiger partial charge in [-0.3, -0.25) is 10.1 Å². The molecular formula is C11H12FNO4. The molecule has 17 heavy (non-hydrogen) atoms. The van der Waals surface area contributed by atoms with Crippen LogP contribution in [0, 0.1) is 15.9 Å². The topological polar surface area (TPSA) is 72.6 Å². The molecule has 5 nitrogen and oxygen atoms in total. The van der Waals surface area contributed by atoms with Gasteiger partial charge < -0.3 is 9.84 Å². The number of hydrogen-bond acceptors (Lipinski definition) is 4. The van der Waals surface area contributed by atoms with Crippen LogP contribution in [-0.4, -0.2) is 22.7 Å². The quantitative estimate of drug-likeness (QED) is 0.644. The molecular weight excluding hydrogens is 229 g/mol. The monoisotopic (exact) mass is 241 g/mol. The van der Waals surface area contributed by atoms with Gasteiger partial charge in [-0.15, -0.1) is 0 Å². The van der Waals surface area contributed by atoms with Gasteiger partial charge >= 0.3 is 0 Å². The average Bonchev–Trinajstić information content (AvgIpc) is 2.95. The molecule has 1 fully saturated rings. The maximum absolute atomic E-state index is 13.6. The molecule has 1 saturated carbocycles. The Morgan fingerprint density at radius 1 is 1.59 bits per heavy atom. The Morgan fingerprint density at radius 2 is 2.24 bits per heavy atom. The SMILES string of the molecule is COc1c(F)cc([N+](=O)[O-])cc1CC1(O)CC1. The second-order valence-corrected chi connectivity index (χ2v) is 4.28. The van der Waals surface area contributed by atoms with Crippen molar-refractivity contribution in [2.45, 2.75) is 24.9 Å². The normalized spacial score (nSPS) is 16.6. The van der Waals surface area contributed by atoms with E-state index in [1.165, 1.54) is 13.2 Å². The van der Waals surface area contributed by atoms with Gasteiger partial charge in [0.05, 0.1) is 23.7 Å². The van der Waals surface area contributed by atoms with Crippen LogP contribution in [0.15, 0.2) is 12.1 Å². The molecule has 92 valence electrons. The van der Waals surface area contributed by atoms with Gasteiger partial charge in [-0.25, -0.2) is 4.39 Å². The van der Waals surface area contributed by atoms with Crippen molar-refractivity contribution in [1.29, 1.82) is 0 Å². The molecule has 1 aliphatic carbocycles. The first-order valence-electron chi connectivity index (χ1n) is 5.18. The highest BCUT2D eigenvalue weighted by Crippen LogP contribution is 2.41. The highest BCUT2D eigenvalue weighted by atomic mass is 19.1. The van der Waals surface area contributed by atoms with Crippen LogP contribution in [0.2, 0.25) is 0 Å². The maximum atomic E-state index is 13.6. The van der Waals surface area contributed by atoms with Gasteiger partial charge in [0.15, 0.2) is 11.6 Å². The number of rotatable bonds is 4. The van der Waals surface area contributed by atoms with Crippen molar-refractivity contribution in [3.63, 3.8) is 0 Å². The number of nitro benzene ring substituents is 1. The molecule has 1 N–H and O–H groups in total. The van der Waals surface area contributed by atoms with E-state index in [-0.39, 0.29) is 17.9 Å².